The maximum Gasteiger partial charge on any atom is 0.355 e. The molecule has 1 aromatic heterocycles. The van der Waals surface area contributed by atoms with Crippen LogP contribution >= 0.6 is 22.9 Å². The van der Waals surface area contributed by atoms with Crippen molar-refractivity contribution in [1.82, 2.24) is 5.43 Å². The van der Waals surface area contributed by atoms with Crippen molar-refractivity contribution in [3.05, 3.63) is 93.8 Å². The summed E-state index contributed by atoms with van der Waals surface area (Å²) in [6.07, 6.45) is 1.72. The Hall–Kier alpha value is -3.68. The van der Waals surface area contributed by atoms with Crippen LogP contribution in [0.4, 0.5) is 0 Å². The van der Waals surface area contributed by atoms with E-state index in [1.54, 1.807) is 18.2 Å². The fourth-order valence-electron chi connectivity index (χ4n) is 3.14. The molecular formula is C25H19ClN2O4S. The first-order valence-corrected chi connectivity index (χ1v) is 11.2. The number of esters is 1. The summed E-state index contributed by atoms with van der Waals surface area (Å²) in [6, 6.07) is 21.9. The van der Waals surface area contributed by atoms with Gasteiger partial charge in [-0.05, 0) is 35.4 Å². The molecule has 1 amide bonds. The van der Waals surface area contributed by atoms with Crippen LogP contribution in [0.3, 0.4) is 0 Å². The van der Waals surface area contributed by atoms with Crippen molar-refractivity contribution in [1.29, 1.82) is 0 Å². The standard InChI is InChI=1S/C25H19ClN2O4S/c1-31-20-13-17(15-27-28-22(29)14-16-7-3-2-4-8-16)11-12-19(20)32-25(30)24-23(26)18-9-5-6-10-21(18)33-24/h2-13,15H,14H2,1H3,(H,28,29)/b27-15-. The van der Waals surface area contributed by atoms with Crippen LogP contribution in [0.1, 0.15) is 20.8 Å². The van der Waals surface area contributed by atoms with Gasteiger partial charge in [0.05, 0.1) is 24.8 Å². The number of ether oxygens (including phenoxy) is 2. The molecule has 4 rings (SSSR count). The lowest BCUT2D eigenvalue weighted by molar-refractivity contribution is -0.120. The maximum absolute atomic E-state index is 12.7. The van der Waals surface area contributed by atoms with Gasteiger partial charge < -0.3 is 9.47 Å². The second-order valence-corrected chi connectivity index (χ2v) is 8.43. The van der Waals surface area contributed by atoms with Crippen molar-refractivity contribution in [3.63, 3.8) is 0 Å². The van der Waals surface area contributed by atoms with Crippen molar-refractivity contribution >= 4 is 51.1 Å². The van der Waals surface area contributed by atoms with Crippen molar-refractivity contribution in [2.45, 2.75) is 6.42 Å². The van der Waals surface area contributed by atoms with Gasteiger partial charge in [-0.15, -0.1) is 11.3 Å². The van der Waals surface area contributed by atoms with Gasteiger partial charge >= 0.3 is 5.97 Å². The zero-order valence-corrected chi connectivity index (χ0v) is 19.2. The van der Waals surface area contributed by atoms with Crippen LogP contribution in [0.15, 0.2) is 77.9 Å². The third kappa shape index (κ3) is 5.39. The number of hydrazone groups is 1. The normalized spacial score (nSPS) is 11.0. The first kappa shape index (κ1) is 22.5. The Morgan fingerprint density at radius 2 is 1.79 bits per heavy atom. The molecule has 0 fully saturated rings. The van der Waals surface area contributed by atoms with Gasteiger partial charge in [-0.2, -0.15) is 5.10 Å². The van der Waals surface area contributed by atoms with E-state index in [-0.39, 0.29) is 18.1 Å². The highest BCUT2D eigenvalue weighted by Crippen LogP contribution is 2.36. The molecule has 0 saturated heterocycles. The molecule has 1 N–H and O–H groups in total. The van der Waals surface area contributed by atoms with Crippen molar-refractivity contribution in [2.24, 2.45) is 5.10 Å². The predicted octanol–water partition coefficient (Wildman–Crippen LogP) is 5.48. The molecule has 3 aromatic carbocycles. The van der Waals surface area contributed by atoms with E-state index in [2.05, 4.69) is 10.5 Å². The third-order valence-electron chi connectivity index (χ3n) is 4.72. The van der Waals surface area contributed by atoms with Crippen LogP contribution < -0.4 is 14.9 Å². The molecule has 1 heterocycles. The fourth-order valence-corrected chi connectivity index (χ4v) is 4.52. The summed E-state index contributed by atoms with van der Waals surface area (Å²) in [7, 11) is 1.47. The molecule has 6 nitrogen and oxygen atoms in total. The van der Waals surface area contributed by atoms with E-state index in [4.69, 9.17) is 21.1 Å². The van der Waals surface area contributed by atoms with Crippen molar-refractivity contribution in [3.8, 4) is 11.5 Å². The molecule has 0 aliphatic rings. The van der Waals surface area contributed by atoms with E-state index < -0.39 is 5.97 Å². The van der Waals surface area contributed by atoms with Gasteiger partial charge in [-0.3, -0.25) is 4.79 Å². The number of methoxy groups -OCH3 is 1. The topological polar surface area (TPSA) is 77.0 Å². The average Bonchev–Trinajstić information content (AvgIpc) is 3.17. The monoisotopic (exact) mass is 478 g/mol. The summed E-state index contributed by atoms with van der Waals surface area (Å²) in [6.45, 7) is 0. The minimum absolute atomic E-state index is 0.227. The Morgan fingerprint density at radius 1 is 1.03 bits per heavy atom. The Balaban J connectivity index is 1.43. The van der Waals surface area contributed by atoms with E-state index >= 15 is 0 Å². The van der Waals surface area contributed by atoms with Crippen LogP contribution in [0.2, 0.25) is 5.02 Å². The predicted molar refractivity (Wildman–Crippen MR) is 131 cm³/mol. The number of amides is 1. The summed E-state index contributed by atoms with van der Waals surface area (Å²) in [5.74, 6) is -0.189. The molecule has 0 bridgehead atoms. The van der Waals surface area contributed by atoms with Gasteiger partial charge in [-0.25, -0.2) is 10.2 Å². The smallest absolute Gasteiger partial charge is 0.355 e. The molecule has 0 aliphatic heterocycles. The SMILES string of the molecule is COc1cc(/C=N\NC(=O)Cc2ccccc2)ccc1OC(=O)c1sc2ccccc2c1Cl. The second kappa shape index (κ2) is 10.3. The number of carbonyl (C=O) groups is 2. The molecule has 0 saturated carbocycles. The van der Waals surface area contributed by atoms with Crippen LogP contribution in [0, 0.1) is 0 Å². The first-order chi connectivity index (χ1) is 16.0. The maximum atomic E-state index is 12.7. The van der Waals surface area contributed by atoms with E-state index in [9.17, 15) is 9.59 Å². The lowest BCUT2D eigenvalue weighted by Gasteiger charge is -2.09. The molecule has 8 heteroatoms. The van der Waals surface area contributed by atoms with E-state index in [1.165, 1.54) is 24.7 Å². The Morgan fingerprint density at radius 3 is 2.55 bits per heavy atom. The lowest BCUT2D eigenvalue weighted by Crippen LogP contribution is -2.19. The lowest BCUT2D eigenvalue weighted by atomic mass is 10.1. The quantitative estimate of drug-likeness (QED) is 0.165. The number of benzene rings is 3. The molecule has 0 aliphatic carbocycles. The van der Waals surface area contributed by atoms with E-state index in [0.29, 0.717) is 21.2 Å². The third-order valence-corrected chi connectivity index (χ3v) is 6.38. The van der Waals surface area contributed by atoms with Crippen LogP contribution in [-0.2, 0) is 11.2 Å². The molecule has 4 aromatic rings. The molecular weight excluding hydrogens is 460 g/mol. The largest absolute Gasteiger partial charge is 0.493 e. The Labute approximate surface area is 199 Å². The van der Waals surface area contributed by atoms with Gasteiger partial charge in [0.15, 0.2) is 11.5 Å². The molecule has 0 spiro atoms. The zero-order chi connectivity index (χ0) is 23.2. The minimum atomic E-state index is -0.561. The highest BCUT2D eigenvalue weighted by molar-refractivity contribution is 7.21. The minimum Gasteiger partial charge on any atom is -0.493 e. The first-order valence-electron chi connectivity index (χ1n) is 9.98. The molecule has 33 heavy (non-hydrogen) atoms. The molecule has 0 radical (unpaired) electrons. The van der Waals surface area contributed by atoms with Gasteiger partial charge in [0.1, 0.15) is 4.88 Å². The summed E-state index contributed by atoms with van der Waals surface area (Å²) < 4.78 is 11.8. The summed E-state index contributed by atoms with van der Waals surface area (Å²) >= 11 is 7.65. The summed E-state index contributed by atoms with van der Waals surface area (Å²) in [4.78, 5) is 25.1. The Kier molecular flexibility index (Phi) is 7.02. The van der Waals surface area contributed by atoms with Crippen LogP contribution in [0.25, 0.3) is 10.1 Å². The molecule has 0 unspecified atom stereocenters. The number of fused-ring (bicyclic) bond motifs is 1. The summed E-state index contributed by atoms with van der Waals surface area (Å²) in [5.41, 5.74) is 4.05. The number of rotatable bonds is 7. The van der Waals surface area contributed by atoms with Crippen molar-refractivity contribution in [2.75, 3.05) is 7.11 Å². The zero-order valence-electron chi connectivity index (χ0n) is 17.6. The highest BCUT2D eigenvalue weighted by Gasteiger charge is 2.20. The van der Waals surface area contributed by atoms with Gasteiger partial charge in [0.25, 0.3) is 0 Å². The number of carbonyl (C=O) groups excluding carboxylic acids is 2. The average molecular weight is 479 g/mol. The van der Waals surface area contributed by atoms with Crippen molar-refractivity contribution < 1.29 is 19.1 Å². The van der Waals surface area contributed by atoms with E-state index in [1.807, 2.05) is 54.6 Å². The summed E-state index contributed by atoms with van der Waals surface area (Å²) in [5, 5.41) is 5.16. The number of thiophene rings is 1. The number of hydrogen-bond acceptors (Lipinski definition) is 6. The Bertz CT molecular complexity index is 1340. The van der Waals surface area contributed by atoms with Gasteiger partial charge in [0, 0.05) is 10.1 Å². The number of hydrogen-bond donors (Lipinski definition) is 1. The van der Waals surface area contributed by atoms with Gasteiger partial charge in [0.2, 0.25) is 5.91 Å². The van der Waals surface area contributed by atoms with Crippen LogP contribution in [-0.4, -0.2) is 25.2 Å². The number of halogens is 1. The van der Waals surface area contributed by atoms with E-state index in [0.717, 1.165) is 15.6 Å². The molecule has 0 atom stereocenters. The number of nitrogens with zero attached hydrogens (tertiary/aromatic N) is 1. The highest BCUT2D eigenvalue weighted by atomic mass is 35.5. The fraction of sp³-hybridized carbons (Fsp3) is 0.0800. The molecule has 166 valence electrons. The second-order valence-electron chi connectivity index (χ2n) is 7.00. The van der Waals surface area contributed by atoms with Gasteiger partial charge in [-0.1, -0.05) is 60.1 Å². The van der Waals surface area contributed by atoms with Crippen LogP contribution in [0.5, 0.6) is 11.5 Å². The number of nitrogens with one attached hydrogen (secondary N) is 1.